The molecule has 0 bridgehead atoms. The van der Waals surface area contributed by atoms with E-state index in [0.29, 0.717) is 10.9 Å². The molecule has 1 heterocycles. The molecule has 1 aliphatic rings. The quantitative estimate of drug-likeness (QED) is 0.647. The molecule has 116 valence electrons. The van der Waals surface area contributed by atoms with E-state index in [0.717, 1.165) is 17.3 Å². The lowest BCUT2D eigenvalue weighted by atomic mass is 10.1. The highest BCUT2D eigenvalue weighted by Crippen LogP contribution is 2.22. The molecule has 1 saturated heterocycles. The van der Waals surface area contributed by atoms with E-state index in [9.17, 15) is 14.0 Å². The zero-order valence-corrected chi connectivity index (χ0v) is 12.9. The van der Waals surface area contributed by atoms with Crippen LogP contribution in [0.3, 0.4) is 0 Å². The zero-order chi connectivity index (χ0) is 16.1. The fourth-order valence-electron chi connectivity index (χ4n) is 1.73. The smallest absolute Gasteiger partial charge is 0.240 e. The number of nitrogens with zero attached hydrogens (tertiary/aromatic N) is 2. The van der Waals surface area contributed by atoms with Crippen molar-refractivity contribution in [2.24, 2.45) is 10.2 Å². The largest absolute Gasteiger partial charge is 0.359 e. The van der Waals surface area contributed by atoms with E-state index in [-0.39, 0.29) is 24.1 Å². The maximum absolute atomic E-state index is 12.9. The number of rotatable bonds is 4. The van der Waals surface area contributed by atoms with Gasteiger partial charge in [0.15, 0.2) is 5.17 Å². The topological polar surface area (TPSA) is 82.9 Å². The highest BCUT2D eigenvalue weighted by Gasteiger charge is 2.31. The second-order valence-electron chi connectivity index (χ2n) is 4.57. The first-order chi connectivity index (χ1) is 10.5. The molecule has 1 aromatic rings. The molecule has 6 nitrogen and oxygen atoms in total. The lowest BCUT2D eigenvalue weighted by molar-refractivity contribution is -0.124. The highest BCUT2D eigenvalue weighted by molar-refractivity contribution is 8.15. The van der Waals surface area contributed by atoms with Crippen LogP contribution in [-0.2, 0) is 9.59 Å². The summed E-state index contributed by atoms with van der Waals surface area (Å²) >= 11 is 1.16. The standard InChI is InChI=1S/C14H15FN4O2S/c1-8(9-3-5-10(15)6-4-9)18-19-14-17-13(21)11(22-14)7-12(20)16-2/h3-6,11H,7H2,1-2H3,(H,16,20)(H,17,19,21)/b18-8+. The number of nitrogens with one attached hydrogen (secondary N) is 2. The summed E-state index contributed by atoms with van der Waals surface area (Å²) in [7, 11) is 1.52. The predicted molar refractivity (Wildman–Crippen MR) is 84.3 cm³/mol. The van der Waals surface area contributed by atoms with Crippen molar-refractivity contribution in [3.8, 4) is 0 Å². The second kappa shape index (κ2) is 7.17. The normalized spacial score (nSPS) is 20.1. The fraction of sp³-hybridized carbons (Fsp3) is 0.286. The molecular formula is C14H15FN4O2S. The van der Waals surface area contributed by atoms with Crippen LogP contribution in [0.25, 0.3) is 0 Å². The number of amides is 2. The van der Waals surface area contributed by atoms with E-state index >= 15 is 0 Å². The van der Waals surface area contributed by atoms with Gasteiger partial charge in [0.05, 0.1) is 5.71 Å². The summed E-state index contributed by atoms with van der Waals surface area (Å²) in [5.74, 6) is -0.791. The number of amidine groups is 1. The Hall–Kier alpha value is -2.22. The molecule has 0 spiro atoms. The monoisotopic (exact) mass is 322 g/mol. The molecule has 0 radical (unpaired) electrons. The summed E-state index contributed by atoms with van der Waals surface area (Å²) in [6.45, 7) is 1.74. The van der Waals surface area contributed by atoms with Crippen LogP contribution in [0.5, 0.6) is 0 Å². The Morgan fingerprint density at radius 2 is 2.09 bits per heavy atom. The van der Waals surface area contributed by atoms with Crippen molar-refractivity contribution in [1.82, 2.24) is 10.6 Å². The molecule has 22 heavy (non-hydrogen) atoms. The maximum atomic E-state index is 12.9. The summed E-state index contributed by atoms with van der Waals surface area (Å²) in [5.41, 5.74) is 1.33. The third-order valence-corrected chi connectivity index (χ3v) is 4.05. The molecule has 0 aliphatic carbocycles. The van der Waals surface area contributed by atoms with E-state index in [1.54, 1.807) is 19.1 Å². The van der Waals surface area contributed by atoms with Crippen LogP contribution in [0.2, 0.25) is 0 Å². The molecule has 1 unspecified atom stereocenters. The SMILES string of the molecule is CNC(=O)CC1S/C(=N/N=C(\C)c2ccc(F)cc2)NC1=O. The van der Waals surface area contributed by atoms with Gasteiger partial charge in [-0.2, -0.15) is 5.10 Å². The number of carbonyl (C=O) groups is 2. The average Bonchev–Trinajstić information content (AvgIpc) is 2.85. The van der Waals surface area contributed by atoms with Crippen LogP contribution in [0, 0.1) is 5.82 Å². The van der Waals surface area contributed by atoms with Crippen molar-refractivity contribution in [3.05, 3.63) is 35.6 Å². The number of hydrogen-bond acceptors (Lipinski definition) is 5. The van der Waals surface area contributed by atoms with Crippen LogP contribution in [-0.4, -0.2) is 35.0 Å². The zero-order valence-electron chi connectivity index (χ0n) is 12.1. The summed E-state index contributed by atoms with van der Waals surface area (Å²) in [6, 6.07) is 5.88. The van der Waals surface area contributed by atoms with E-state index in [1.165, 1.54) is 19.2 Å². The minimum absolute atomic E-state index is 0.0900. The van der Waals surface area contributed by atoms with Crippen molar-refractivity contribution in [2.45, 2.75) is 18.6 Å². The van der Waals surface area contributed by atoms with Crippen molar-refractivity contribution < 1.29 is 14.0 Å². The summed E-state index contributed by atoms with van der Waals surface area (Å²) in [4.78, 5) is 23.0. The average molecular weight is 322 g/mol. The molecule has 1 aromatic carbocycles. The van der Waals surface area contributed by atoms with Gasteiger partial charge >= 0.3 is 0 Å². The number of thioether (sulfide) groups is 1. The lowest BCUT2D eigenvalue weighted by Gasteiger charge is -2.02. The van der Waals surface area contributed by atoms with Gasteiger partial charge in [0, 0.05) is 13.5 Å². The Morgan fingerprint density at radius 1 is 1.41 bits per heavy atom. The molecule has 2 amide bonds. The third-order valence-electron chi connectivity index (χ3n) is 2.98. The third kappa shape index (κ3) is 4.14. The molecule has 1 aliphatic heterocycles. The van der Waals surface area contributed by atoms with Gasteiger partial charge in [-0.3, -0.25) is 9.59 Å². The lowest BCUT2D eigenvalue weighted by Crippen LogP contribution is -2.29. The van der Waals surface area contributed by atoms with Crippen LogP contribution < -0.4 is 10.6 Å². The maximum Gasteiger partial charge on any atom is 0.240 e. The van der Waals surface area contributed by atoms with Gasteiger partial charge < -0.3 is 10.6 Å². The van der Waals surface area contributed by atoms with E-state index < -0.39 is 5.25 Å². The number of benzene rings is 1. The van der Waals surface area contributed by atoms with Crippen molar-refractivity contribution in [3.63, 3.8) is 0 Å². The molecule has 2 rings (SSSR count). The highest BCUT2D eigenvalue weighted by atomic mass is 32.2. The number of hydrogen-bond donors (Lipinski definition) is 2. The molecule has 0 saturated carbocycles. The Labute approximate surface area is 131 Å². The molecule has 0 aromatic heterocycles. The Balaban J connectivity index is 2.04. The van der Waals surface area contributed by atoms with Gasteiger partial charge in [-0.1, -0.05) is 23.9 Å². The number of carbonyl (C=O) groups excluding carboxylic acids is 2. The van der Waals surface area contributed by atoms with E-state index in [4.69, 9.17) is 0 Å². The molecular weight excluding hydrogens is 307 g/mol. The minimum atomic E-state index is -0.500. The van der Waals surface area contributed by atoms with Crippen LogP contribution in [0.1, 0.15) is 18.9 Å². The molecule has 2 N–H and O–H groups in total. The molecule has 1 fully saturated rings. The first kappa shape index (κ1) is 16.2. The second-order valence-corrected chi connectivity index (χ2v) is 5.76. The van der Waals surface area contributed by atoms with Crippen LogP contribution in [0.4, 0.5) is 4.39 Å². The first-order valence-electron chi connectivity index (χ1n) is 6.56. The number of halogens is 1. The minimum Gasteiger partial charge on any atom is -0.359 e. The Bertz CT molecular complexity index is 643. The van der Waals surface area contributed by atoms with Crippen molar-refractivity contribution in [1.29, 1.82) is 0 Å². The van der Waals surface area contributed by atoms with Crippen molar-refractivity contribution >= 4 is 34.5 Å². The van der Waals surface area contributed by atoms with Gasteiger partial charge in [0.1, 0.15) is 11.1 Å². The Morgan fingerprint density at radius 3 is 2.73 bits per heavy atom. The fourth-order valence-corrected chi connectivity index (χ4v) is 2.64. The summed E-state index contributed by atoms with van der Waals surface area (Å²) in [5, 5.41) is 12.9. The van der Waals surface area contributed by atoms with E-state index in [2.05, 4.69) is 20.8 Å². The summed E-state index contributed by atoms with van der Waals surface area (Å²) in [6.07, 6.45) is 0.0900. The van der Waals surface area contributed by atoms with Gasteiger partial charge in [-0.25, -0.2) is 4.39 Å². The predicted octanol–water partition coefficient (Wildman–Crippen LogP) is 1.27. The van der Waals surface area contributed by atoms with Crippen molar-refractivity contribution in [2.75, 3.05) is 7.05 Å². The van der Waals surface area contributed by atoms with Gasteiger partial charge in [0.2, 0.25) is 11.8 Å². The van der Waals surface area contributed by atoms with E-state index in [1.807, 2.05) is 0 Å². The Kier molecular flexibility index (Phi) is 5.26. The van der Waals surface area contributed by atoms with Gasteiger partial charge in [-0.05, 0) is 24.6 Å². The van der Waals surface area contributed by atoms with Crippen LogP contribution >= 0.6 is 11.8 Å². The molecule has 1 atom stereocenters. The van der Waals surface area contributed by atoms with Crippen LogP contribution in [0.15, 0.2) is 34.5 Å². The summed E-state index contributed by atoms with van der Waals surface area (Å²) < 4.78 is 12.9. The van der Waals surface area contributed by atoms with Gasteiger partial charge in [0.25, 0.3) is 0 Å². The first-order valence-corrected chi connectivity index (χ1v) is 7.44. The van der Waals surface area contributed by atoms with Gasteiger partial charge in [-0.15, -0.1) is 5.10 Å². The molecule has 8 heteroatoms.